The molecule has 1 fully saturated rings. The third kappa shape index (κ3) is 3.60. The van der Waals surface area contributed by atoms with Gasteiger partial charge in [-0.25, -0.2) is 0 Å². The molecule has 1 atom stereocenters. The molecule has 0 radical (unpaired) electrons. The summed E-state index contributed by atoms with van der Waals surface area (Å²) in [5.41, 5.74) is 5.03. The first-order valence-electron chi connectivity index (χ1n) is 9.99. The van der Waals surface area contributed by atoms with Gasteiger partial charge in [-0.2, -0.15) is 0 Å². The molecule has 1 unspecified atom stereocenters. The lowest BCUT2D eigenvalue weighted by Crippen LogP contribution is -2.36. The lowest BCUT2D eigenvalue weighted by Gasteiger charge is -2.39. The van der Waals surface area contributed by atoms with E-state index in [1.54, 1.807) is 0 Å². The molecule has 2 aliphatic rings. The van der Waals surface area contributed by atoms with Gasteiger partial charge in [-0.1, -0.05) is 19.6 Å². The minimum atomic E-state index is 0.473. The Morgan fingerprint density at radius 1 is 1.31 bits per heavy atom. The van der Waals surface area contributed by atoms with Crippen LogP contribution in [0.15, 0.2) is 24.4 Å². The van der Waals surface area contributed by atoms with Crippen molar-refractivity contribution in [3.63, 3.8) is 0 Å². The summed E-state index contributed by atoms with van der Waals surface area (Å²) in [6.45, 7) is 13.1. The van der Waals surface area contributed by atoms with Crippen LogP contribution in [-0.2, 0) is 11.2 Å². The number of hydrogen-bond acceptors (Lipinski definition) is 3. The number of carbonyl (C=O) groups excluding carboxylic acids is 1. The number of anilines is 1. The summed E-state index contributed by atoms with van der Waals surface area (Å²) < 4.78 is 6.31. The first-order chi connectivity index (χ1) is 12.6. The van der Waals surface area contributed by atoms with Gasteiger partial charge >= 0.3 is 0 Å². The third-order valence-corrected chi connectivity index (χ3v) is 5.76. The average Bonchev–Trinajstić information content (AvgIpc) is 2.65. The number of fused-ring (bicyclic) bond motifs is 1. The van der Waals surface area contributed by atoms with Crippen LogP contribution < -0.4 is 9.64 Å². The van der Waals surface area contributed by atoms with Gasteiger partial charge in [0.15, 0.2) is 0 Å². The number of allylic oxidation sites excluding steroid dienone is 1. The second kappa shape index (κ2) is 8.15. The quantitative estimate of drug-likeness (QED) is 0.704. The Morgan fingerprint density at radius 3 is 2.65 bits per heavy atom. The topological polar surface area (TPSA) is 32.8 Å². The number of piperidine rings is 1. The fourth-order valence-electron chi connectivity index (χ4n) is 4.42. The number of benzene rings is 1. The molecule has 0 aromatic heterocycles. The molecular formula is C22H32N2O2. The Balaban J connectivity index is 1.98. The number of nitrogens with zero attached hydrogens (tertiary/aromatic N) is 2. The molecule has 4 heteroatoms. The van der Waals surface area contributed by atoms with Gasteiger partial charge in [-0.05, 0) is 63.5 Å². The molecule has 1 saturated heterocycles. The van der Waals surface area contributed by atoms with Crippen molar-refractivity contribution in [1.82, 2.24) is 4.90 Å². The first-order valence-corrected chi connectivity index (χ1v) is 9.99. The standard InChI is InChI=1S/C22H32N2O2/c1-5-14-26-22-19(18-10-12-23(15-25)13-11-18)8-9-21-20(22)7-6-17(4)24(21)16(2)3/h8-9,15,17-18H,2,5-7,10-14H2,1,3-4H3. The van der Waals surface area contributed by atoms with E-state index in [1.165, 1.54) is 16.8 Å². The molecule has 0 bridgehead atoms. The van der Waals surface area contributed by atoms with E-state index in [-0.39, 0.29) is 0 Å². The van der Waals surface area contributed by atoms with Crippen molar-refractivity contribution < 1.29 is 9.53 Å². The average molecular weight is 357 g/mol. The molecule has 0 saturated carbocycles. The van der Waals surface area contributed by atoms with Crippen molar-refractivity contribution in [3.8, 4) is 5.75 Å². The predicted octanol–water partition coefficient (Wildman–Crippen LogP) is 4.49. The van der Waals surface area contributed by atoms with E-state index in [1.807, 2.05) is 4.90 Å². The summed E-state index contributed by atoms with van der Waals surface area (Å²) in [7, 11) is 0. The first kappa shape index (κ1) is 18.8. The lowest BCUT2D eigenvalue weighted by molar-refractivity contribution is -0.119. The second-order valence-electron chi connectivity index (χ2n) is 7.74. The van der Waals surface area contributed by atoms with Crippen molar-refractivity contribution in [2.24, 2.45) is 0 Å². The van der Waals surface area contributed by atoms with Crippen molar-refractivity contribution in [1.29, 1.82) is 0 Å². The number of likely N-dealkylation sites (tertiary alicyclic amines) is 1. The smallest absolute Gasteiger partial charge is 0.209 e. The number of carbonyl (C=O) groups is 1. The molecule has 1 aromatic carbocycles. The van der Waals surface area contributed by atoms with Gasteiger partial charge < -0.3 is 14.5 Å². The lowest BCUT2D eigenvalue weighted by atomic mass is 9.85. The molecule has 142 valence electrons. The fraction of sp³-hybridized carbons (Fsp3) is 0.591. The molecular weight excluding hydrogens is 324 g/mol. The summed E-state index contributed by atoms with van der Waals surface area (Å²) in [6, 6.07) is 5.00. The van der Waals surface area contributed by atoms with Crippen molar-refractivity contribution in [2.75, 3.05) is 24.6 Å². The highest BCUT2D eigenvalue weighted by Crippen LogP contribution is 2.44. The highest BCUT2D eigenvalue weighted by molar-refractivity contribution is 5.67. The summed E-state index contributed by atoms with van der Waals surface area (Å²) in [4.78, 5) is 15.3. The molecule has 1 amide bonds. The zero-order valence-corrected chi connectivity index (χ0v) is 16.5. The minimum Gasteiger partial charge on any atom is -0.493 e. The monoisotopic (exact) mass is 356 g/mol. The van der Waals surface area contributed by atoms with Gasteiger partial charge in [0.1, 0.15) is 5.75 Å². The molecule has 0 N–H and O–H groups in total. The summed E-state index contributed by atoms with van der Waals surface area (Å²) >= 11 is 0. The maximum atomic E-state index is 11.0. The molecule has 1 aromatic rings. The number of amides is 1. The number of hydrogen-bond donors (Lipinski definition) is 0. The van der Waals surface area contributed by atoms with Crippen LogP contribution in [0.2, 0.25) is 0 Å². The van der Waals surface area contributed by atoms with E-state index in [9.17, 15) is 4.79 Å². The fourth-order valence-corrected chi connectivity index (χ4v) is 4.42. The zero-order chi connectivity index (χ0) is 18.7. The SMILES string of the molecule is C=C(C)N1c2ccc(C3CCN(C=O)CC3)c(OCCC)c2CCC1C. The Bertz CT molecular complexity index is 662. The largest absolute Gasteiger partial charge is 0.493 e. The Hall–Kier alpha value is -1.97. The van der Waals surface area contributed by atoms with Crippen LogP contribution in [0, 0.1) is 0 Å². The normalized spacial score (nSPS) is 20.7. The Morgan fingerprint density at radius 2 is 2.04 bits per heavy atom. The van der Waals surface area contributed by atoms with Gasteiger partial charge in [-0.15, -0.1) is 0 Å². The molecule has 4 nitrogen and oxygen atoms in total. The van der Waals surface area contributed by atoms with Crippen molar-refractivity contribution in [2.45, 2.75) is 64.8 Å². The molecule has 0 aliphatic carbocycles. The third-order valence-electron chi connectivity index (χ3n) is 5.76. The van der Waals surface area contributed by atoms with Crippen LogP contribution in [0.3, 0.4) is 0 Å². The Kier molecular flexibility index (Phi) is 5.90. The van der Waals surface area contributed by atoms with Gasteiger partial charge in [0.2, 0.25) is 6.41 Å². The molecule has 3 rings (SSSR count). The maximum absolute atomic E-state index is 11.0. The van der Waals surface area contributed by atoms with Crippen LogP contribution in [-0.4, -0.2) is 37.0 Å². The summed E-state index contributed by atoms with van der Waals surface area (Å²) in [5, 5.41) is 0. The van der Waals surface area contributed by atoms with Crippen molar-refractivity contribution in [3.05, 3.63) is 35.5 Å². The van der Waals surface area contributed by atoms with Gasteiger partial charge in [-0.3, -0.25) is 4.79 Å². The van der Waals surface area contributed by atoms with E-state index in [4.69, 9.17) is 4.74 Å². The number of ether oxygens (including phenoxy) is 1. The van der Waals surface area contributed by atoms with Crippen LogP contribution in [0.4, 0.5) is 5.69 Å². The van der Waals surface area contributed by atoms with Crippen LogP contribution in [0.1, 0.15) is 63.5 Å². The van der Waals surface area contributed by atoms with E-state index < -0.39 is 0 Å². The summed E-state index contributed by atoms with van der Waals surface area (Å²) in [6.07, 6.45) is 6.19. The zero-order valence-electron chi connectivity index (χ0n) is 16.5. The van der Waals surface area contributed by atoms with Gasteiger partial charge in [0.25, 0.3) is 0 Å². The molecule has 2 heterocycles. The second-order valence-corrected chi connectivity index (χ2v) is 7.74. The highest BCUT2D eigenvalue weighted by Gasteiger charge is 2.30. The van der Waals surface area contributed by atoms with E-state index >= 15 is 0 Å². The van der Waals surface area contributed by atoms with Crippen molar-refractivity contribution >= 4 is 12.1 Å². The number of rotatable bonds is 6. The predicted molar refractivity (Wildman–Crippen MR) is 107 cm³/mol. The van der Waals surface area contributed by atoms with Gasteiger partial charge in [0.05, 0.1) is 6.61 Å². The van der Waals surface area contributed by atoms with E-state index in [2.05, 4.69) is 44.4 Å². The van der Waals surface area contributed by atoms with E-state index in [0.29, 0.717) is 12.0 Å². The van der Waals surface area contributed by atoms with Crippen LogP contribution in [0.5, 0.6) is 5.75 Å². The Labute approximate surface area is 157 Å². The van der Waals surface area contributed by atoms with Crippen LogP contribution in [0.25, 0.3) is 0 Å². The molecule has 0 spiro atoms. The van der Waals surface area contributed by atoms with E-state index in [0.717, 1.165) is 69.7 Å². The molecule has 26 heavy (non-hydrogen) atoms. The molecule has 2 aliphatic heterocycles. The van der Waals surface area contributed by atoms with Gasteiger partial charge in [0, 0.05) is 36.1 Å². The van der Waals surface area contributed by atoms with Crippen LogP contribution >= 0.6 is 0 Å². The highest BCUT2D eigenvalue weighted by atomic mass is 16.5. The minimum absolute atomic E-state index is 0.473. The summed E-state index contributed by atoms with van der Waals surface area (Å²) in [5.74, 6) is 1.58. The maximum Gasteiger partial charge on any atom is 0.209 e.